The summed E-state index contributed by atoms with van der Waals surface area (Å²) >= 11 is 0. The summed E-state index contributed by atoms with van der Waals surface area (Å²) in [4.78, 5) is 4.65. The Balaban J connectivity index is 2.16. The Morgan fingerprint density at radius 1 is 1.55 bits per heavy atom. The largest absolute Gasteiger partial charge is 0.507 e. The Morgan fingerprint density at radius 2 is 2.36 bits per heavy atom. The Kier molecular flexibility index (Phi) is 3.51. The summed E-state index contributed by atoms with van der Waals surface area (Å²) in [6.45, 7) is 4.45. The number of pyridine rings is 1. The van der Waals surface area contributed by atoms with Gasteiger partial charge in [-0.2, -0.15) is 0 Å². The van der Waals surface area contributed by atoms with Gasteiger partial charge in [0.1, 0.15) is 5.75 Å². The van der Waals surface area contributed by atoms with Gasteiger partial charge in [-0.25, -0.2) is 4.98 Å². The van der Waals surface area contributed by atoms with Gasteiger partial charge in [0.05, 0.1) is 22.0 Å². The van der Waals surface area contributed by atoms with Crippen LogP contribution in [0.4, 0.5) is 5.69 Å². The van der Waals surface area contributed by atoms with Gasteiger partial charge in [0.2, 0.25) is 0 Å². The fraction of sp³-hybridized carbons (Fsp3) is 0.235. The summed E-state index contributed by atoms with van der Waals surface area (Å²) in [5.41, 5.74) is 9.05. The lowest BCUT2D eigenvalue weighted by atomic mass is 10.2. The lowest BCUT2D eigenvalue weighted by Crippen LogP contribution is -2.01. The minimum Gasteiger partial charge on any atom is -0.507 e. The summed E-state index contributed by atoms with van der Waals surface area (Å²) < 4.78 is 1.93. The molecule has 5 nitrogen and oxygen atoms in total. The molecule has 22 heavy (non-hydrogen) atoms. The first-order valence-electron chi connectivity index (χ1n) is 7.19. The van der Waals surface area contributed by atoms with Crippen LogP contribution in [0.5, 0.6) is 5.75 Å². The van der Waals surface area contributed by atoms with E-state index in [-0.39, 0.29) is 5.75 Å². The van der Waals surface area contributed by atoms with E-state index >= 15 is 0 Å². The molecule has 2 aromatic heterocycles. The Morgan fingerprint density at radius 3 is 3.09 bits per heavy atom. The number of H-pyrrole nitrogens is 1. The van der Waals surface area contributed by atoms with Gasteiger partial charge in [0, 0.05) is 24.7 Å². The van der Waals surface area contributed by atoms with Gasteiger partial charge in [0.15, 0.2) is 5.65 Å². The number of nitrogens with two attached hydrogens (primary N) is 1. The van der Waals surface area contributed by atoms with E-state index in [2.05, 4.69) is 22.6 Å². The van der Waals surface area contributed by atoms with Crippen LogP contribution in [-0.2, 0) is 13.0 Å². The molecule has 3 aromatic rings. The average Bonchev–Trinajstić information content (AvgIpc) is 3.03. The number of allylic oxidation sites excluding steroid dienone is 1. The summed E-state index contributed by atoms with van der Waals surface area (Å²) in [6.07, 6.45) is 11.0. The van der Waals surface area contributed by atoms with E-state index in [0.717, 1.165) is 29.6 Å². The Labute approximate surface area is 128 Å². The highest BCUT2D eigenvalue weighted by atomic mass is 16.3. The van der Waals surface area contributed by atoms with Crippen molar-refractivity contribution >= 4 is 27.6 Å². The van der Waals surface area contributed by atoms with Crippen LogP contribution in [0.1, 0.15) is 18.4 Å². The third kappa shape index (κ3) is 2.09. The number of hydrogen-bond donors (Lipinski definition) is 3. The molecule has 0 aliphatic carbocycles. The fourth-order valence-electron chi connectivity index (χ4n) is 2.74. The van der Waals surface area contributed by atoms with Crippen LogP contribution >= 0.6 is 0 Å². The summed E-state index contributed by atoms with van der Waals surface area (Å²) in [5.74, 6) is 2.83. The number of nitrogens with one attached hydrogen (secondary N) is 1. The average molecular weight is 294 g/mol. The van der Waals surface area contributed by atoms with Gasteiger partial charge in [0.25, 0.3) is 0 Å². The molecule has 0 fully saturated rings. The minimum absolute atomic E-state index is 0.196. The highest BCUT2D eigenvalue weighted by Crippen LogP contribution is 2.38. The quantitative estimate of drug-likeness (QED) is 0.384. The second-order valence-corrected chi connectivity index (χ2v) is 5.27. The Hall–Kier alpha value is -2.87. The van der Waals surface area contributed by atoms with E-state index in [0.29, 0.717) is 29.4 Å². The number of rotatable bonds is 5. The van der Waals surface area contributed by atoms with Gasteiger partial charge < -0.3 is 15.9 Å². The van der Waals surface area contributed by atoms with Crippen molar-refractivity contribution in [1.29, 1.82) is 0 Å². The van der Waals surface area contributed by atoms with Crippen molar-refractivity contribution in [3.05, 3.63) is 30.5 Å². The van der Waals surface area contributed by atoms with E-state index < -0.39 is 0 Å². The molecule has 1 aromatic carbocycles. The van der Waals surface area contributed by atoms with Crippen molar-refractivity contribution in [2.75, 3.05) is 5.73 Å². The minimum atomic E-state index is 0.196. The van der Waals surface area contributed by atoms with E-state index in [1.807, 2.05) is 16.9 Å². The number of anilines is 1. The maximum absolute atomic E-state index is 10.3. The van der Waals surface area contributed by atoms with Crippen LogP contribution in [0, 0.1) is 12.3 Å². The van der Waals surface area contributed by atoms with Gasteiger partial charge in [-0.05, 0) is 18.9 Å². The molecule has 0 aliphatic heterocycles. The number of aromatic hydroxyl groups is 1. The second-order valence-electron chi connectivity index (χ2n) is 5.27. The fourth-order valence-corrected chi connectivity index (χ4v) is 2.74. The molecule has 2 heterocycles. The van der Waals surface area contributed by atoms with Crippen molar-refractivity contribution in [3.8, 4) is 18.1 Å². The van der Waals surface area contributed by atoms with Gasteiger partial charge >= 0.3 is 0 Å². The lowest BCUT2D eigenvalue weighted by Gasteiger charge is -2.04. The molecule has 5 heteroatoms. The van der Waals surface area contributed by atoms with Crippen molar-refractivity contribution in [1.82, 2.24) is 14.8 Å². The monoisotopic (exact) mass is 294 g/mol. The summed E-state index contributed by atoms with van der Waals surface area (Å²) in [5, 5.41) is 14.9. The van der Waals surface area contributed by atoms with Crippen LogP contribution in [0.15, 0.2) is 24.9 Å². The smallest absolute Gasteiger partial charge is 0.158 e. The molecule has 112 valence electrons. The molecular weight excluding hydrogens is 276 g/mol. The summed E-state index contributed by atoms with van der Waals surface area (Å²) in [6, 6.07) is 1.86. The molecule has 4 N–H and O–H groups in total. The number of unbranched alkanes of at least 4 members (excludes halogenated alkanes) is 1. The molecule has 0 spiro atoms. The second kappa shape index (κ2) is 5.49. The SMILES string of the molecule is C#CCCCn1[nH]cc2c(N)c3c(O)c(CC=C)cc3nc21. The number of aromatic amines is 1. The maximum atomic E-state index is 10.3. The number of nitrogens with zero attached hydrogens (tertiary/aromatic N) is 2. The molecule has 0 bridgehead atoms. The zero-order valence-corrected chi connectivity index (χ0v) is 12.3. The molecule has 0 saturated carbocycles. The number of nitrogen functional groups attached to an aromatic ring is 1. The molecule has 0 unspecified atom stereocenters. The maximum Gasteiger partial charge on any atom is 0.158 e. The third-order valence-electron chi connectivity index (χ3n) is 3.82. The van der Waals surface area contributed by atoms with Crippen LogP contribution in [0.3, 0.4) is 0 Å². The molecule has 0 atom stereocenters. The van der Waals surface area contributed by atoms with Gasteiger partial charge in [-0.15, -0.1) is 18.9 Å². The third-order valence-corrected chi connectivity index (χ3v) is 3.82. The predicted molar refractivity (Wildman–Crippen MR) is 89.6 cm³/mol. The first kappa shape index (κ1) is 14.1. The number of aromatic nitrogens is 3. The first-order valence-corrected chi connectivity index (χ1v) is 7.19. The van der Waals surface area contributed by atoms with Crippen LogP contribution in [-0.4, -0.2) is 19.9 Å². The highest BCUT2D eigenvalue weighted by Gasteiger charge is 2.17. The Bertz CT molecular complexity index is 895. The number of fused-ring (bicyclic) bond motifs is 2. The van der Waals surface area contributed by atoms with Crippen molar-refractivity contribution in [2.24, 2.45) is 0 Å². The zero-order valence-electron chi connectivity index (χ0n) is 12.3. The highest BCUT2D eigenvalue weighted by molar-refractivity contribution is 6.09. The predicted octanol–water partition coefficient (Wildman–Crippen LogP) is 2.95. The van der Waals surface area contributed by atoms with E-state index in [1.54, 1.807) is 6.08 Å². The van der Waals surface area contributed by atoms with Crippen molar-refractivity contribution in [3.63, 3.8) is 0 Å². The molecule has 0 saturated heterocycles. The molecule has 3 rings (SSSR count). The molecular formula is C17H18N4O. The number of terminal acetylenes is 1. The van der Waals surface area contributed by atoms with Gasteiger partial charge in [-0.1, -0.05) is 6.08 Å². The standard InChI is InChI=1S/C17H18N4O/c1-3-5-6-8-21-17-12(10-19-21)15(18)14-13(20-17)9-11(7-4-2)16(14)22/h1,4,9-10,19,22H,2,5-8,18H2. The summed E-state index contributed by atoms with van der Waals surface area (Å²) in [7, 11) is 0. The van der Waals surface area contributed by atoms with Crippen molar-refractivity contribution in [2.45, 2.75) is 25.8 Å². The van der Waals surface area contributed by atoms with Crippen molar-refractivity contribution < 1.29 is 5.11 Å². The molecule has 0 radical (unpaired) electrons. The number of hydrogen-bond acceptors (Lipinski definition) is 3. The van der Waals surface area contributed by atoms with Crippen LogP contribution in [0.25, 0.3) is 21.9 Å². The number of aryl methyl sites for hydroxylation is 1. The molecule has 0 aliphatic rings. The first-order chi connectivity index (χ1) is 10.7. The van der Waals surface area contributed by atoms with E-state index in [9.17, 15) is 5.11 Å². The zero-order chi connectivity index (χ0) is 15.7. The lowest BCUT2D eigenvalue weighted by molar-refractivity contribution is 0.478. The van der Waals surface area contributed by atoms with Gasteiger partial charge in [-0.3, -0.25) is 4.68 Å². The normalized spacial score (nSPS) is 11.0. The molecule has 0 amide bonds. The van der Waals surface area contributed by atoms with Crippen LogP contribution < -0.4 is 5.73 Å². The van der Waals surface area contributed by atoms with E-state index in [4.69, 9.17) is 12.2 Å². The van der Waals surface area contributed by atoms with E-state index in [1.165, 1.54) is 0 Å². The van der Waals surface area contributed by atoms with Crippen LogP contribution in [0.2, 0.25) is 0 Å². The topological polar surface area (TPSA) is 79.9 Å².